The first-order valence-corrected chi connectivity index (χ1v) is 4.64. The molecule has 1 saturated carbocycles. The third-order valence-corrected chi connectivity index (χ3v) is 2.52. The van der Waals surface area contributed by atoms with Crippen LogP contribution in [-0.4, -0.2) is 29.5 Å². The maximum absolute atomic E-state index is 9.79. The van der Waals surface area contributed by atoms with E-state index < -0.39 is 5.60 Å². The second-order valence-corrected chi connectivity index (χ2v) is 3.95. The number of ether oxygens (including phenoxy) is 1. The first kappa shape index (κ1) is 9.96. The smallest absolute Gasteiger partial charge is 0.0820 e. The van der Waals surface area contributed by atoms with Crippen molar-refractivity contribution in [1.82, 2.24) is 0 Å². The number of nitrogens with two attached hydrogens (primary N) is 1. The molecular weight excluding hydrogens is 154 g/mol. The summed E-state index contributed by atoms with van der Waals surface area (Å²) in [4.78, 5) is 0. The standard InChI is InChI=1S/C9H19NO2/c1-7(2)12-6-8(10)9(11)4-3-5-9/h7-8,11H,3-6,10H2,1-2H3. The van der Waals surface area contributed by atoms with Crippen LogP contribution in [0.3, 0.4) is 0 Å². The topological polar surface area (TPSA) is 55.5 Å². The maximum Gasteiger partial charge on any atom is 0.0820 e. The van der Waals surface area contributed by atoms with E-state index in [1.165, 1.54) is 0 Å². The van der Waals surface area contributed by atoms with Crippen molar-refractivity contribution in [2.45, 2.75) is 50.9 Å². The van der Waals surface area contributed by atoms with Crippen LogP contribution in [0, 0.1) is 0 Å². The van der Waals surface area contributed by atoms with Crippen LogP contribution >= 0.6 is 0 Å². The molecule has 0 aliphatic heterocycles. The molecule has 72 valence electrons. The molecule has 12 heavy (non-hydrogen) atoms. The highest BCUT2D eigenvalue weighted by atomic mass is 16.5. The Balaban J connectivity index is 2.23. The minimum Gasteiger partial charge on any atom is -0.388 e. The van der Waals surface area contributed by atoms with Crippen LogP contribution in [-0.2, 0) is 4.74 Å². The predicted octanol–water partition coefficient (Wildman–Crippen LogP) is 0.654. The van der Waals surface area contributed by atoms with Crippen molar-refractivity contribution in [3.63, 3.8) is 0 Å². The lowest BCUT2D eigenvalue weighted by Crippen LogP contribution is -2.55. The van der Waals surface area contributed by atoms with E-state index in [0.29, 0.717) is 6.61 Å². The van der Waals surface area contributed by atoms with E-state index >= 15 is 0 Å². The van der Waals surface area contributed by atoms with Gasteiger partial charge in [-0.15, -0.1) is 0 Å². The Morgan fingerprint density at radius 3 is 2.42 bits per heavy atom. The Morgan fingerprint density at radius 2 is 2.08 bits per heavy atom. The summed E-state index contributed by atoms with van der Waals surface area (Å²) >= 11 is 0. The number of rotatable bonds is 4. The van der Waals surface area contributed by atoms with E-state index in [2.05, 4.69) is 0 Å². The Labute approximate surface area is 73.9 Å². The van der Waals surface area contributed by atoms with E-state index in [1.54, 1.807) is 0 Å². The van der Waals surface area contributed by atoms with Crippen molar-refractivity contribution >= 4 is 0 Å². The van der Waals surface area contributed by atoms with Gasteiger partial charge in [0.2, 0.25) is 0 Å². The first-order chi connectivity index (χ1) is 5.54. The third-order valence-electron chi connectivity index (χ3n) is 2.52. The molecule has 3 nitrogen and oxygen atoms in total. The zero-order valence-electron chi connectivity index (χ0n) is 7.92. The van der Waals surface area contributed by atoms with Crippen LogP contribution in [0.25, 0.3) is 0 Å². The Morgan fingerprint density at radius 1 is 1.50 bits per heavy atom. The number of hydrogen-bond acceptors (Lipinski definition) is 3. The second kappa shape index (κ2) is 3.73. The van der Waals surface area contributed by atoms with Gasteiger partial charge in [0.15, 0.2) is 0 Å². The highest BCUT2D eigenvalue weighted by molar-refractivity contribution is 4.96. The Hall–Kier alpha value is -0.120. The summed E-state index contributed by atoms with van der Waals surface area (Å²) in [7, 11) is 0. The fourth-order valence-electron chi connectivity index (χ4n) is 1.36. The van der Waals surface area contributed by atoms with Gasteiger partial charge in [-0.25, -0.2) is 0 Å². The molecule has 1 fully saturated rings. The monoisotopic (exact) mass is 173 g/mol. The van der Waals surface area contributed by atoms with Gasteiger partial charge in [0.25, 0.3) is 0 Å². The zero-order chi connectivity index (χ0) is 9.19. The molecule has 1 aliphatic carbocycles. The van der Waals surface area contributed by atoms with E-state index in [0.717, 1.165) is 19.3 Å². The lowest BCUT2D eigenvalue weighted by atomic mass is 9.75. The fraction of sp³-hybridized carbons (Fsp3) is 1.00. The summed E-state index contributed by atoms with van der Waals surface area (Å²) in [6.45, 7) is 4.41. The van der Waals surface area contributed by atoms with Gasteiger partial charge in [0.1, 0.15) is 0 Å². The van der Waals surface area contributed by atoms with Crippen molar-refractivity contribution in [2.24, 2.45) is 5.73 Å². The van der Waals surface area contributed by atoms with Crippen molar-refractivity contribution < 1.29 is 9.84 Å². The molecule has 1 atom stereocenters. The molecule has 0 radical (unpaired) electrons. The summed E-state index contributed by atoms with van der Waals surface area (Å²) in [5.74, 6) is 0. The lowest BCUT2D eigenvalue weighted by Gasteiger charge is -2.41. The molecule has 0 amide bonds. The van der Waals surface area contributed by atoms with Gasteiger partial charge < -0.3 is 15.6 Å². The molecule has 1 rings (SSSR count). The number of hydrogen-bond donors (Lipinski definition) is 2. The van der Waals surface area contributed by atoms with E-state index in [9.17, 15) is 5.11 Å². The second-order valence-electron chi connectivity index (χ2n) is 3.95. The summed E-state index contributed by atoms with van der Waals surface area (Å²) in [6.07, 6.45) is 2.94. The van der Waals surface area contributed by atoms with Crippen molar-refractivity contribution in [3.05, 3.63) is 0 Å². The van der Waals surface area contributed by atoms with Crippen molar-refractivity contribution in [3.8, 4) is 0 Å². The Bertz CT molecular complexity index is 143. The zero-order valence-corrected chi connectivity index (χ0v) is 7.92. The van der Waals surface area contributed by atoms with Crippen LogP contribution in [0.1, 0.15) is 33.1 Å². The summed E-state index contributed by atoms with van der Waals surface area (Å²) < 4.78 is 5.34. The van der Waals surface area contributed by atoms with Crippen LogP contribution < -0.4 is 5.73 Å². The highest BCUT2D eigenvalue weighted by Crippen LogP contribution is 2.33. The molecule has 0 aromatic rings. The normalized spacial score (nSPS) is 23.8. The summed E-state index contributed by atoms with van der Waals surface area (Å²) in [6, 6.07) is -0.214. The predicted molar refractivity (Wildman–Crippen MR) is 47.9 cm³/mol. The molecular formula is C9H19NO2. The maximum atomic E-state index is 9.79. The molecule has 3 heteroatoms. The lowest BCUT2D eigenvalue weighted by molar-refractivity contribution is -0.0809. The van der Waals surface area contributed by atoms with E-state index in [1.807, 2.05) is 13.8 Å². The molecule has 0 aromatic heterocycles. The minimum atomic E-state index is -0.630. The average Bonchev–Trinajstić information content (AvgIpc) is 1.95. The van der Waals surface area contributed by atoms with Crippen LogP contribution in [0.15, 0.2) is 0 Å². The SMILES string of the molecule is CC(C)OCC(N)C1(O)CCC1. The molecule has 1 unspecified atom stereocenters. The molecule has 0 spiro atoms. The largest absolute Gasteiger partial charge is 0.388 e. The summed E-state index contributed by atoms with van der Waals surface area (Å²) in [5.41, 5.74) is 5.16. The van der Waals surface area contributed by atoms with Gasteiger partial charge in [0.05, 0.1) is 24.4 Å². The van der Waals surface area contributed by atoms with Crippen LogP contribution in [0.4, 0.5) is 0 Å². The fourth-order valence-corrected chi connectivity index (χ4v) is 1.36. The van der Waals surface area contributed by atoms with Gasteiger partial charge in [-0.1, -0.05) is 0 Å². The third kappa shape index (κ3) is 2.19. The van der Waals surface area contributed by atoms with Crippen molar-refractivity contribution in [1.29, 1.82) is 0 Å². The van der Waals surface area contributed by atoms with Gasteiger partial charge in [-0.3, -0.25) is 0 Å². The van der Waals surface area contributed by atoms with Crippen molar-refractivity contribution in [2.75, 3.05) is 6.61 Å². The highest BCUT2D eigenvalue weighted by Gasteiger charge is 2.40. The molecule has 1 aliphatic rings. The van der Waals surface area contributed by atoms with Gasteiger partial charge in [-0.2, -0.15) is 0 Å². The molecule has 3 N–H and O–H groups in total. The average molecular weight is 173 g/mol. The van der Waals surface area contributed by atoms with Gasteiger partial charge in [0, 0.05) is 0 Å². The van der Waals surface area contributed by atoms with E-state index in [-0.39, 0.29) is 12.1 Å². The first-order valence-electron chi connectivity index (χ1n) is 4.64. The molecule has 0 heterocycles. The number of aliphatic hydroxyl groups is 1. The van der Waals surface area contributed by atoms with Gasteiger partial charge in [-0.05, 0) is 33.1 Å². The van der Waals surface area contributed by atoms with E-state index in [4.69, 9.17) is 10.5 Å². The summed E-state index contributed by atoms with van der Waals surface area (Å²) in [5, 5.41) is 9.79. The van der Waals surface area contributed by atoms with Crippen LogP contribution in [0.5, 0.6) is 0 Å². The quantitative estimate of drug-likeness (QED) is 0.656. The molecule has 0 aromatic carbocycles. The molecule has 0 saturated heterocycles. The van der Waals surface area contributed by atoms with Crippen LogP contribution in [0.2, 0.25) is 0 Å². The molecule has 0 bridgehead atoms. The van der Waals surface area contributed by atoms with Gasteiger partial charge >= 0.3 is 0 Å². The Kier molecular flexibility index (Phi) is 3.09. The minimum absolute atomic E-state index is 0.194.